The number of ketones is 1. The lowest BCUT2D eigenvalue weighted by atomic mass is 9.92. The summed E-state index contributed by atoms with van der Waals surface area (Å²) >= 11 is 0. The molecule has 24 heavy (non-hydrogen) atoms. The van der Waals surface area contributed by atoms with Crippen molar-refractivity contribution in [3.63, 3.8) is 0 Å². The predicted octanol–water partition coefficient (Wildman–Crippen LogP) is 4.28. The molecule has 0 unspecified atom stereocenters. The van der Waals surface area contributed by atoms with Crippen molar-refractivity contribution < 1.29 is 19.4 Å². The van der Waals surface area contributed by atoms with Crippen LogP contribution >= 0.6 is 0 Å². The topological polar surface area (TPSA) is 55.8 Å². The van der Waals surface area contributed by atoms with Crippen LogP contribution in [0.2, 0.25) is 0 Å². The van der Waals surface area contributed by atoms with Crippen LogP contribution in [0.3, 0.4) is 0 Å². The summed E-state index contributed by atoms with van der Waals surface area (Å²) in [4.78, 5) is 12.6. The van der Waals surface area contributed by atoms with E-state index >= 15 is 0 Å². The summed E-state index contributed by atoms with van der Waals surface area (Å²) in [5.74, 6) is 1.54. The molecule has 0 spiro atoms. The highest BCUT2D eigenvalue weighted by Gasteiger charge is 2.32. The highest BCUT2D eigenvalue weighted by atomic mass is 16.5. The molecule has 0 amide bonds. The number of aromatic hydroxyl groups is 1. The van der Waals surface area contributed by atoms with Gasteiger partial charge in [0.25, 0.3) is 0 Å². The molecular formula is C20H18O4. The van der Waals surface area contributed by atoms with E-state index < -0.39 is 0 Å². The van der Waals surface area contributed by atoms with Gasteiger partial charge >= 0.3 is 0 Å². The van der Waals surface area contributed by atoms with Gasteiger partial charge in [-0.1, -0.05) is 12.1 Å². The van der Waals surface area contributed by atoms with Crippen LogP contribution in [0, 0.1) is 0 Å². The van der Waals surface area contributed by atoms with Crippen molar-refractivity contribution in [2.75, 3.05) is 0 Å². The minimum Gasteiger partial charge on any atom is -0.508 e. The summed E-state index contributed by atoms with van der Waals surface area (Å²) < 4.78 is 12.1. The average Bonchev–Trinajstić information content (AvgIpc) is 2.54. The van der Waals surface area contributed by atoms with Crippen molar-refractivity contribution in [3.8, 4) is 17.2 Å². The number of Topliss-reactive ketones (excluding diaryl/α,β-unsaturated/α-hetero) is 1. The molecule has 0 fully saturated rings. The van der Waals surface area contributed by atoms with Crippen LogP contribution in [0.15, 0.2) is 42.5 Å². The summed E-state index contributed by atoms with van der Waals surface area (Å²) in [5, 5.41) is 9.44. The fraction of sp³-hybridized carbons (Fsp3) is 0.250. The highest BCUT2D eigenvalue weighted by Crippen LogP contribution is 2.44. The van der Waals surface area contributed by atoms with E-state index in [-0.39, 0.29) is 29.7 Å². The Balaban J connectivity index is 1.76. The quantitative estimate of drug-likeness (QED) is 0.851. The van der Waals surface area contributed by atoms with E-state index in [1.54, 1.807) is 30.3 Å². The Morgan fingerprint density at radius 1 is 1.12 bits per heavy atom. The lowest BCUT2D eigenvalue weighted by Crippen LogP contribution is -2.28. The zero-order valence-corrected chi connectivity index (χ0v) is 13.6. The van der Waals surface area contributed by atoms with E-state index in [2.05, 4.69) is 0 Å². The molecule has 4 nitrogen and oxygen atoms in total. The van der Waals surface area contributed by atoms with Crippen molar-refractivity contribution in [2.45, 2.75) is 32.0 Å². The summed E-state index contributed by atoms with van der Waals surface area (Å²) in [6.07, 6.45) is 3.85. The van der Waals surface area contributed by atoms with Gasteiger partial charge in [-0.2, -0.15) is 0 Å². The second-order valence-electron chi connectivity index (χ2n) is 6.72. The first-order valence-electron chi connectivity index (χ1n) is 7.97. The Hall–Kier alpha value is -2.75. The van der Waals surface area contributed by atoms with Gasteiger partial charge in [0, 0.05) is 0 Å². The molecule has 0 saturated carbocycles. The summed E-state index contributed by atoms with van der Waals surface area (Å²) in [6.45, 7) is 3.97. The maximum Gasteiger partial charge on any atom is 0.170 e. The van der Waals surface area contributed by atoms with Gasteiger partial charge in [-0.15, -0.1) is 0 Å². The normalized spacial score (nSPS) is 20.6. The molecular weight excluding hydrogens is 304 g/mol. The first-order valence-corrected chi connectivity index (χ1v) is 7.97. The lowest BCUT2D eigenvalue weighted by Gasteiger charge is -2.32. The van der Waals surface area contributed by atoms with Crippen molar-refractivity contribution in [1.29, 1.82) is 0 Å². The molecule has 0 saturated heterocycles. The van der Waals surface area contributed by atoms with Crippen LogP contribution in [-0.2, 0) is 0 Å². The van der Waals surface area contributed by atoms with Gasteiger partial charge in [-0.05, 0) is 55.8 Å². The summed E-state index contributed by atoms with van der Waals surface area (Å²) in [6, 6.07) is 10.4. The standard InChI is InChI=1S/C20H18O4/c1-20(2)10-9-15-17(24-20)8-7-14-16(22)11-18(23-19(14)15)12-3-5-13(21)6-4-12/h3-10,18,21H,11H2,1-2H3/t18-/m0/s1. The lowest BCUT2D eigenvalue weighted by molar-refractivity contribution is 0.0846. The molecule has 4 heteroatoms. The van der Waals surface area contributed by atoms with Crippen molar-refractivity contribution in [3.05, 3.63) is 59.2 Å². The third-order valence-electron chi connectivity index (χ3n) is 4.38. The van der Waals surface area contributed by atoms with E-state index in [1.807, 2.05) is 32.1 Å². The Bertz CT molecular complexity index is 847. The first kappa shape index (κ1) is 14.8. The van der Waals surface area contributed by atoms with Crippen molar-refractivity contribution in [1.82, 2.24) is 0 Å². The minimum atomic E-state index is -0.379. The van der Waals surface area contributed by atoms with Crippen LogP contribution in [0.25, 0.3) is 6.08 Å². The number of rotatable bonds is 1. The van der Waals surface area contributed by atoms with E-state index in [0.29, 0.717) is 11.3 Å². The minimum absolute atomic E-state index is 0.0513. The third-order valence-corrected chi connectivity index (χ3v) is 4.38. The molecule has 2 aliphatic rings. The summed E-state index contributed by atoms with van der Waals surface area (Å²) in [7, 11) is 0. The molecule has 2 heterocycles. The second-order valence-corrected chi connectivity index (χ2v) is 6.72. The number of carbonyl (C=O) groups is 1. The van der Waals surface area contributed by atoms with Gasteiger partial charge in [-0.3, -0.25) is 4.79 Å². The van der Waals surface area contributed by atoms with Crippen molar-refractivity contribution in [2.24, 2.45) is 0 Å². The Labute approximate surface area is 140 Å². The monoisotopic (exact) mass is 322 g/mol. The number of benzene rings is 2. The van der Waals surface area contributed by atoms with Gasteiger partial charge < -0.3 is 14.6 Å². The van der Waals surface area contributed by atoms with Crippen LogP contribution < -0.4 is 9.47 Å². The van der Waals surface area contributed by atoms with E-state index in [4.69, 9.17) is 9.47 Å². The van der Waals surface area contributed by atoms with E-state index in [9.17, 15) is 9.90 Å². The number of hydrogen-bond acceptors (Lipinski definition) is 4. The van der Waals surface area contributed by atoms with Crippen LogP contribution in [0.5, 0.6) is 17.2 Å². The number of phenolic OH excluding ortho intramolecular Hbond substituents is 1. The number of fused-ring (bicyclic) bond motifs is 3. The maximum absolute atomic E-state index is 12.6. The average molecular weight is 322 g/mol. The van der Waals surface area contributed by atoms with Crippen LogP contribution in [0.1, 0.15) is 47.9 Å². The van der Waals surface area contributed by atoms with Crippen molar-refractivity contribution >= 4 is 11.9 Å². The highest BCUT2D eigenvalue weighted by molar-refractivity contribution is 6.01. The first-order chi connectivity index (χ1) is 11.4. The molecule has 0 radical (unpaired) electrons. The largest absolute Gasteiger partial charge is 0.508 e. The Morgan fingerprint density at radius 3 is 2.62 bits per heavy atom. The number of hydrogen-bond donors (Lipinski definition) is 1. The molecule has 2 aromatic carbocycles. The zero-order valence-electron chi connectivity index (χ0n) is 13.6. The number of carbonyl (C=O) groups excluding carboxylic acids is 1. The predicted molar refractivity (Wildman–Crippen MR) is 90.6 cm³/mol. The van der Waals surface area contributed by atoms with Gasteiger partial charge in [0.2, 0.25) is 0 Å². The van der Waals surface area contributed by atoms with E-state index in [0.717, 1.165) is 16.9 Å². The van der Waals surface area contributed by atoms with Gasteiger partial charge in [0.05, 0.1) is 17.5 Å². The molecule has 0 aliphatic carbocycles. The molecule has 2 aromatic rings. The van der Waals surface area contributed by atoms with Gasteiger partial charge in [0.15, 0.2) is 5.78 Å². The fourth-order valence-corrected chi connectivity index (χ4v) is 3.11. The number of phenols is 1. The molecule has 0 aromatic heterocycles. The van der Waals surface area contributed by atoms with Crippen LogP contribution in [0.4, 0.5) is 0 Å². The Kier molecular flexibility index (Phi) is 3.17. The molecule has 1 N–H and O–H groups in total. The smallest absolute Gasteiger partial charge is 0.170 e. The molecule has 122 valence electrons. The van der Waals surface area contributed by atoms with Gasteiger partial charge in [0.1, 0.15) is 29.0 Å². The number of ether oxygens (including phenoxy) is 2. The van der Waals surface area contributed by atoms with E-state index in [1.165, 1.54) is 0 Å². The maximum atomic E-state index is 12.6. The zero-order chi connectivity index (χ0) is 16.9. The molecule has 4 rings (SSSR count). The third kappa shape index (κ3) is 2.44. The SMILES string of the molecule is CC1(C)C=Cc2c(ccc3c2O[C@H](c2ccc(O)cc2)CC3=O)O1. The van der Waals surface area contributed by atoms with Crippen LogP contribution in [-0.4, -0.2) is 16.5 Å². The van der Waals surface area contributed by atoms with Gasteiger partial charge in [-0.25, -0.2) is 0 Å². The summed E-state index contributed by atoms with van der Waals surface area (Å²) in [5.41, 5.74) is 1.89. The Morgan fingerprint density at radius 2 is 1.88 bits per heavy atom. The second kappa shape index (κ2) is 5.13. The molecule has 0 bridgehead atoms. The fourth-order valence-electron chi connectivity index (χ4n) is 3.11. The molecule has 1 atom stereocenters. The molecule has 2 aliphatic heterocycles.